The smallest absolute Gasteiger partial charge is 0.276 e. The quantitative estimate of drug-likeness (QED) is 0.876. The number of carbonyl (C=O) groups excluding carboxylic acids is 1. The molecule has 9 heteroatoms. The molecule has 0 bridgehead atoms. The van der Waals surface area contributed by atoms with Crippen LogP contribution in [0.2, 0.25) is 5.02 Å². The molecule has 0 aliphatic carbocycles. The van der Waals surface area contributed by atoms with Gasteiger partial charge in [-0.2, -0.15) is 0 Å². The van der Waals surface area contributed by atoms with E-state index in [1.165, 1.54) is 16.8 Å². The zero-order valence-corrected chi connectivity index (χ0v) is 14.9. The van der Waals surface area contributed by atoms with Crippen LogP contribution < -0.4 is 5.32 Å². The Morgan fingerprint density at radius 2 is 2.21 bits per heavy atom. The van der Waals surface area contributed by atoms with Crippen molar-refractivity contribution in [2.24, 2.45) is 0 Å². The predicted octanol–water partition coefficient (Wildman–Crippen LogP) is 2.22. The molecule has 1 amide bonds. The fourth-order valence-electron chi connectivity index (χ4n) is 2.66. The number of hydrogen-bond donors (Lipinski definition) is 1. The van der Waals surface area contributed by atoms with E-state index in [1.807, 2.05) is 6.92 Å². The molecular weight excluding hydrogens is 356 g/mol. The molecule has 0 spiro atoms. The average molecular weight is 374 g/mol. The number of halogens is 3. The van der Waals surface area contributed by atoms with Gasteiger partial charge in [0.05, 0.1) is 16.4 Å². The van der Waals surface area contributed by atoms with Crippen LogP contribution in [0.4, 0.5) is 4.39 Å². The van der Waals surface area contributed by atoms with Gasteiger partial charge in [0.1, 0.15) is 5.82 Å². The van der Waals surface area contributed by atoms with Crippen molar-refractivity contribution < 1.29 is 9.18 Å². The first-order chi connectivity index (χ1) is 11.0. The molecule has 0 radical (unpaired) electrons. The second-order valence-electron chi connectivity index (χ2n) is 5.64. The summed E-state index contributed by atoms with van der Waals surface area (Å²) in [4.78, 5) is 14.4. The van der Waals surface area contributed by atoms with Gasteiger partial charge in [0.25, 0.3) is 5.91 Å². The van der Waals surface area contributed by atoms with E-state index in [0.29, 0.717) is 30.2 Å². The van der Waals surface area contributed by atoms with Crippen molar-refractivity contribution in [3.63, 3.8) is 0 Å². The maximum absolute atomic E-state index is 13.3. The summed E-state index contributed by atoms with van der Waals surface area (Å²) in [5, 5.41) is 11.3. The molecule has 24 heavy (non-hydrogen) atoms. The second kappa shape index (κ2) is 7.46. The highest BCUT2D eigenvalue weighted by Gasteiger charge is 2.26. The van der Waals surface area contributed by atoms with Crippen LogP contribution in [0.5, 0.6) is 0 Å². The molecule has 3 rings (SSSR count). The number of piperazine rings is 1. The van der Waals surface area contributed by atoms with E-state index in [1.54, 1.807) is 17.9 Å². The SMILES string of the molecule is Cc1c(C(=O)N2CCNC(C)C2)nnn1-c1ccc(F)c(Cl)c1.Cl. The Balaban J connectivity index is 0.00000208. The van der Waals surface area contributed by atoms with Gasteiger partial charge >= 0.3 is 0 Å². The fourth-order valence-corrected chi connectivity index (χ4v) is 2.83. The second-order valence-corrected chi connectivity index (χ2v) is 6.05. The predicted molar refractivity (Wildman–Crippen MR) is 91.7 cm³/mol. The molecule has 130 valence electrons. The van der Waals surface area contributed by atoms with E-state index < -0.39 is 5.82 Å². The highest BCUT2D eigenvalue weighted by atomic mass is 35.5. The normalized spacial score (nSPS) is 17.5. The monoisotopic (exact) mass is 373 g/mol. The van der Waals surface area contributed by atoms with E-state index in [2.05, 4.69) is 15.6 Å². The number of hydrogen-bond acceptors (Lipinski definition) is 4. The fraction of sp³-hybridized carbons (Fsp3) is 0.400. The zero-order chi connectivity index (χ0) is 16.6. The van der Waals surface area contributed by atoms with Gasteiger partial charge < -0.3 is 10.2 Å². The van der Waals surface area contributed by atoms with Gasteiger partial charge in [-0.3, -0.25) is 4.79 Å². The number of aromatic nitrogens is 3. The van der Waals surface area contributed by atoms with Crippen molar-refractivity contribution in [3.8, 4) is 5.69 Å². The number of nitrogens with zero attached hydrogens (tertiary/aromatic N) is 4. The lowest BCUT2D eigenvalue weighted by molar-refractivity contribution is 0.0702. The molecule has 1 unspecified atom stereocenters. The molecule has 2 aromatic rings. The van der Waals surface area contributed by atoms with E-state index in [4.69, 9.17) is 11.6 Å². The Kier molecular flexibility index (Phi) is 5.79. The van der Waals surface area contributed by atoms with Crippen molar-refractivity contribution in [1.29, 1.82) is 0 Å². The number of rotatable bonds is 2. The van der Waals surface area contributed by atoms with Crippen molar-refractivity contribution in [3.05, 3.63) is 40.4 Å². The van der Waals surface area contributed by atoms with Crippen LogP contribution in [-0.2, 0) is 0 Å². The first-order valence-electron chi connectivity index (χ1n) is 7.37. The minimum Gasteiger partial charge on any atom is -0.334 e. The number of amides is 1. The van der Waals surface area contributed by atoms with Crippen LogP contribution in [0.15, 0.2) is 18.2 Å². The summed E-state index contributed by atoms with van der Waals surface area (Å²) in [7, 11) is 0. The zero-order valence-electron chi connectivity index (χ0n) is 13.3. The molecule has 1 aliphatic heterocycles. The molecule has 1 aromatic heterocycles. The summed E-state index contributed by atoms with van der Waals surface area (Å²) in [6.07, 6.45) is 0. The first kappa shape index (κ1) is 18.6. The van der Waals surface area contributed by atoms with Crippen molar-refractivity contribution in [1.82, 2.24) is 25.2 Å². The van der Waals surface area contributed by atoms with Crippen LogP contribution >= 0.6 is 24.0 Å². The Hall–Kier alpha value is -1.70. The number of nitrogens with one attached hydrogen (secondary N) is 1. The highest BCUT2D eigenvalue weighted by molar-refractivity contribution is 6.30. The first-order valence-corrected chi connectivity index (χ1v) is 7.75. The average Bonchev–Trinajstić information content (AvgIpc) is 2.91. The summed E-state index contributed by atoms with van der Waals surface area (Å²) < 4.78 is 14.8. The third-order valence-electron chi connectivity index (χ3n) is 3.90. The largest absolute Gasteiger partial charge is 0.334 e. The molecule has 1 aromatic carbocycles. The van der Waals surface area contributed by atoms with Crippen LogP contribution in [0.3, 0.4) is 0 Å². The Labute approximate surface area is 150 Å². The van der Waals surface area contributed by atoms with Crippen LogP contribution in [0.1, 0.15) is 23.1 Å². The Morgan fingerprint density at radius 3 is 2.88 bits per heavy atom. The van der Waals surface area contributed by atoms with Gasteiger partial charge in [-0.1, -0.05) is 16.8 Å². The summed E-state index contributed by atoms with van der Waals surface area (Å²) >= 11 is 5.80. The van der Waals surface area contributed by atoms with Gasteiger partial charge in [0.2, 0.25) is 0 Å². The van der Waals surface area contributed by atoms with Crippen molar-refractivity contribution in [2.75, 3.05) is 19.6 Å². The lowest BCUT2D eigenvalue weighted by Crippen LogP contribution is -2.51. The third kappa shape index (κ3) is 3.53. The molecule has 0 saturated carbocycles. The summed E-state index contributed by atoms with van der Waals surface area (Å²) in [5.74, 6) is -0.644. The van der Waals surface area contributed by atoms with E-state index >= 15 is 0 Å². The van der Waals surface area contributed by atoms with E-state index in [9.17, 15) is 9.18 Å². The highest BCUT2D eigenvalue weighted by Crippen LogP contribution is 2.20. The molecular formula is C15H18Cl2FN5O. The van der Waals surface area contributed by atoms with Gasteiger partial charge in [-0.05, 0) is 32.0 Å². The number of carbonyl (C=O) groups is 1. The molecule has 1 fully saturated rings. The molecule has 2 heterocycles. The maximum Gasteiger partial charge on any atom is 0.276 e. The minimum atomic E-state index is -0.501. The van der Waals surface area contributed by atoms with Crippen LogP contribution in [0.25, 0.3) is 5.69 Å². The van der Waals surface area contributed by atoms with Gasteiger partial charge in [0, 0.05) is 25.7 Å². The lowest BCUT2D eigenvalue weighted by atomic mass is 10.2. The molecule has 1 saturated heterocycles. The molecule has 1 aliphatic rings. The third-order valence-corrected chi connectivity index (χ3v) is 4.19. The van der Waals surface area contributed by atoms with Crippen molar-refractivity contribution in [2.45, 2.75) is 19.9 Å². The van der Waals surface area contributed by atoms with Crippen LogP contribution in [-0.4, -0.2) is 51.5 Å². The molecule has 1 N–H and O–H groups in total. The summed E-state index contributed by atoms with van der Waals surface area (Å²) in [6, 6.07) is 4.51. The molecule has 1 atom stereocenters. The van der Waals surface area contributed by atoms with Crippen LogP contribution in [0, 0.1) is 12.7 Å². The Bertz CT molecular complexity index is 751. The molecule has 6 nitrogen and oxygen atoms in total. The van der Waals surface area contributed by atoms with E-state index in [-0.39, 0.29) is 29.4 Å². The topological polar surface area (TPSA) is 63.1 Å². The van der Waals surface area contributed by atoms with E-state index in [0.717, 1.165) is 6.54 Å². The standard InChI is InChI=1S/C15H17ClFN5O.ClH/c1-9-8-21(6-5-18-9)15(23)14-10(2)22(20-19-14)11-3-4-13(17)12(16)7-11;/h3-4,7,9,18H,5-6,8H2,1-2H3;1H. The van der Waals surface area contributed by atoms with Gasteiger partial charge in [0.15, 0.2) is 5.69 Å². The van der Waals surface area contributed by atoms with Gasteiger partial charge in [-0.15, -0.1) is 17.5 Å². The summed E-state index contributed by atoms with van der Waals surface area (Å²) in [5.41, 5.74) is 1.47. The van der Waals surface area contributed by atoms with Gasteiger partial charge in [-0.25, -0.2) is 9.07 Å². The lowest BCUT2D eigenvalue weighted by Gasteiger charge is -2.31. The van der Waals surface area contributed by atoms with Crippen molar-refractivity contribution >= 4 is 29.9 Å². The minimum absolute atomic E-state index is 0. The summed E-state index contributed by atoms with van der Waals surface area (Å²) in [6.45, 7) is 5.82. The number of benzene rings is 1. The Morgan fingerprint density at radius 1 is 1.46 bits per heavy atom. The maximum atomic E-state index is 13.3.